The molecule has 0 N–H and O–H groups in total. The van der Waals surface area contributed by atoms with Gasteiger partial charge in [0, 0.05) is 22.6 Å². The molecule has 9 aromatic rings. The van der Waals surface area contributed by atoms with Crippen molar-refractivity contribution in [2.45, 2.75) is 19.3 Å². The van der Waals surface area contributed by atoms with Gasteiger partial charge in [0.1, 0.15) is 0 Å². The lowest BCUT2D eigenvalue weighted by Gasteiger charge is -2.23. The fourth-order valence-corrected chi connectivity index (χ4v) is 8.55. The highest BCUT2D eigenvalue weighted by Gasteiger charge is 2.37. The monoisotopic (exact) mass is 623 g/mol. The summed E-state index contributed by atoms with van der Waals surface area (Å²) in [6.07, 6.45) is 1.96. The molecule has 8 aromatic carbocycles. The van der Waals surface area contributed by atoms with Crippen LogP contribution >= 0.6 is 0 Å². The molecule has 0 spiro atoms. The van der Waals surface area contributed by atoms with E-state index in [-0.39, 0.29) is 5.41 Å². The Morgan fingerprint density at radius 2 is 1.00 bits per heavy atom. The third-order valence-electron chi connectivity index (χ3n) is 10.9. The Balaban J connectivity index is 1.37. The number of nitrogens with zero attached hydrogens (tertiary/aromatic N) is 1. The Kier molecular flexibility index (Phi) is 5.99. The molecule has 230 valence electrons. The molecule has 0 saturated carbocycles. The van der Waals surface area contributed by atoms with Crippen LogP contribution in [0.15, 0.2) is 164 Å². The summed E-state index contributed by atoms with van der Waals surface area (Å²) in [6.45, 7) is 4.73. The summed E-state index contributed by atoms with van der Waals surface area (Å²) < 4.78 is 0. The zero-order chi connectivity index (χ0) is 32.7. The molecule has 1 aromatic heterocycles. The molecular formula is C48H33N. The van der Waals surface area contributed by atoms with Gasteiger partial charge in [0.15, 0.2) is 0 Å². The molecule has 0 aliphatic heterocycles. The molecule has 0 atom stereocenters. The van der Waals surface area contributed by atoms with Crippen molar-refractivity contribution in [3.63, 3.8) is 0 Å². The van der Waals surface area contributed by atoms with Crippen LogP contribution < -0.4 is 0 Å². The van der Waals surface area contributed by atoms with Crippen molar-refractivity contribution in [1.29, 1.82) is 0 Å². The number of rotatable bonds is 3. The minimum atomic E-state index is -0.0867. The molecule has 0 amide bonds. The largest absolute Gasteiger partial charge is 0.256 e. The zero-order valence-electron chi connectivity index (χ0n) is 27.5. The predicted octanol–water partition coefficient (Wildman–Crippen LogP) is 13.0. The van der Waals surface area contributed by atoms with E-state index in [2.05, 4.69) is 172 Å². The van der Waals surface area contributed by atoms with Crippen LogP contribution in [0.4, 0.5) is 0 Å². The topological polar surface area (TPSA) is 12.9 Å². The van der Waals surface area contributed by atoms with E-state index in [4.69, 9.17) is 4.98 Å². The highest BCUT2D eigenvalue weighted by atomic mass is 14.7. The lowest BCUT2D eigenvalue weighted by molar-refractivity contribution is 0.660. The van der Waals surface area contributed by atoms with Gasteiger partial charge in [0.2, 0.25) is 0 Å². The molecule has 0 fully saturated rings. The van der Waals surface area contributed by atoms with Crippen molar-refractivity contribution in [2.24, 2.45) is 0 Å². The van der Waals surface area contributed by atoms with Gasteiger partial charge in [-0.05, 0) is 100 Å². The minimum absolute atomic E-state index is 0.0867. The first-order valence-electron chi connectivity index (χ1n) is 17.1. The van der Waals surface area contributed by atoms with E-state index in [9.17, 15) is 0 Å². The van der Waals surface area contributed by atoms with Crippen molar-refractivity contribution in [3.05, 3.63) is 175 Å². The summed E-state index contributed by atoms with van der Waals surface area (Å²) in [5, 5.41) is 9.78. The number of hydrogen-bond acceptors (Lipinski definition) is 1. The van der Waals surface area contributed by atoms with E-state index >= 15 is 0 Å². The lowest BCUT2D eigenvalue weighted by Crippen LogP contribution is -2.14. The van der Waals surface area contributed by atoms with Crippen molar-refractivity contribution in [3.8, 4) is 44.6 Å². The van der Waals surface area contributed by atoms with Gasteiger partial charge < -0.3 is 0 Å². The van der Waals surface area contributed by atoms with Gasteiger partial charge in [-0.2, -0.15) is 0 Å². The van der Waals surface area contributed by atoms with Crippen LogP contribution in [0.2, 0.25) is 0 Å². The molecule has 1 aliphatic rings. The highest BCUT2D eigenvalue weighted by molar-refractivity contribution is 6.24. The van der Waals surface area contributed by atoms with E-state index in [1.54, 1.807) is 0 Å². The van der Waals surface area contributed by atoms with Crippen LogP contribution in [0.3, 0.4) is 0 Å². The lowest BCUT2D eigenvalue weighted by atomic mass is 9.80. The quantitative estimate of drug-likeness (QED) is 0.178. The van der Waals surface area contributed by atoms with Gasteiger partial charge in [-0.1, -0.05) is 153 Å². The van der Waals surface area contributed by atoms with E-state index in [0.29, 0.717) is 0 Å². The van der Waals surface area contributed by atoms with Crippen LogP contribution in [0.1, 0.15) is 25.0 Å². The first kappa shape index (κ1) is 28.0. The second-order valence-electron chi connectivity index (χ2n) is 13.9. The third kappa shape index (κ3) is 4.09. The summed E-state index contributed by atoms with van der Waals surface area (Å²) in [5.41, 5.74) is 12.6. The predicted molar refractivity (Wildman–Crippen MR) is 208 cm³/mol. The SMILES string of the molecule is CC1(C)c2ccccc2-c2c(-c3c4ccccc4c(-c4nccc5ccccc45)c4ccc(-c5ccc6ccccc6c5)cc34)cccc21. The van der Waals surface area contributed by atoms with Crippen LogP contribution in [-0.4, -0.2) is 4.98 Å². The van der Waals surface area contributed by atoms with E-state index in [1.165, 1.54) is 93.2 Å². The standard InChI is InChI=1S/C48H33N/c1-48(2)42-20-10-9-18-39(42)45-40(19-11-21-43(45)48)44-36-16-7-8-17-37(36)46(47-35-15-6-5-13-31(35)26-27-49-47)38-25-24-34(29-41(38)44)33-23-22-30-12-3-4-14-32(30)28-33/h3-29H,1-2H3. The van der Waals surface area contributed by atoms with Gasteiger partial charge in [0.05, 0.1) is 5.69 Å². The average Bonchev–Trinajstić information content (AvgIpc) is 3.39. The fraction of sp³-hybridized carbons (Fsp3) is 0.0625. The number of aromatic nitrogens is 1. The smallest absolute Gasteiger partial charge is 0.0792 e. The maximum Gasteiger partial charge on any atom is 0.0792 e. The van der Waals surface area contributed by atoms with E-state index < -0.39 is 0 Å². The van der Waals surface area contributed by atoms with Gasteiger partial charge in [0.25, 0.3) is 0 Å². The van der Waals surface area contributed by atoms with Crippen molar-refractivity contribution in [2.75, 3.05) is 0 Å². The molecule has 1 aliphatic carbocycles. The Morgan fingerprint density at radius 3 is 1.86 bits per heavy atom. The molecule has 1 heterocycles. The first-order valence-corrected chi connectivity index (χ1v) is 17.1. The molecule has 0 bridgehead atoms. The molecule has 1 heteroatoms. The molecule has 0 radical (unpaired) electrons. The summed E-state index contributed by atoms with van der Waals surface area (Å²) in [6, 6.07) is 58.1. The fourth-order valence-electron chi connectivity index (χ4n) is 8.55. The third-order valence-corrected chi connectivity index (χ3v) is 10.9. The number of hydrogen-bond donors (Lipinski definition) is 0. The molecule has 0 saturated heterocycles. The Morgan fingerprint density at radius 1 is 0.388 bits per heavy atom. The first-order chi connectivity index (χ1) is 24.1. The van der Waals surface area contributed by atoms with E-state index in [0.717, 1.165) is 5.69 Å². The molecule has 0 unspecified atom stereocenters. The normalized spacial score (nSPS) is 13.3. The van der Waals surface area contributed by atoms with Gasteiger partial charge in [-0.15, -0.1) is 0 Å². The highest BCUT2D eigenvalue weighted by Crippen LogP contribution is 2.54. The summed E-state index contributed by atoms with van der Waals surface area (Å²) >= 11 is 0. The molecule has 49 heavy (non-hydrogen) atoms. The van der Waals surface area contributed by atoms with Gasteiger partial charge in [-0.3, -0.25) is 4.98 Å². The van der Waals surface area contributed by atoms with Crippen molar-refractivity contribution in [1.82, 2.24) is 4.98 Å². The minimum Gasteiger partial charge on any atom is -0.256 e. The second-order valence-corrected chi connectivity index (χ2v) is 13.9. The number of benzene rings is 8. The van der Waals surface area contributed by atoms with Gasteiger partial charge in [-0.25, -0.2) is 0 Å². The number of pyridine rings is 1. The molecular weight excluding hydrogens is 591 g/mol. The van der Waals surface area contributed by atoms with Gasteiger partial charge >= 0.3 is 0 Å². The summed E-state index contributed by atoms with van der Waals surface area (Å²) in [4.78, 5) is 5.10. The Hall–Kier alpha value is -6.05. The van der Waals surface area contributed by atoms with Crippen LogP contribution in [-0.2, 0) is 5.41 Å². The van der Waals surface area contributed by atoms with Crippen molar-refractivity contribution < 1.29 is 0 Å². The average molecular weight is 624 g/mol. The van der Waals surface area contributed by atoms with Crippen LogP contribution in [0.5, 0.6) is 0 Å². The summed E-state index contributed by atoms with van der Waals surface area (Å²) in [7, 11) is 0. The number of fused-ring (bicyclic) bond motifs is 7. The Labute approximate surface area is 286 Å². The van der Waals surface area contributed by atoms with Crippen LogP contribution in [0, 0.1) is 0 Å². The van der Waals surface area contributed by atoms with Crippen molar-refractivity contribution >= 4 is 43.1 Å². The maximum atomic E-state index is 5.10. The summed E-state index contributed by atoms with van der Waals surface area (Å²) in [5.74, 6) is 0. The maximum absolute atomic E-state index is 5.10. The van der Waals surface area contributed by atoms with Crippen LogP contribution in [0.25, 0.3) is 87.7 Å². The molecule has 1 nitrogen and oxygen atoms in total. The second kappa shape index (κ2) is 10.5. The Bertz CT molecular complexity index is 2800. The molecule has 10 rings (SSSR count). The zero-order valence-corrected chi connectivity index (χ0v) is 27.5. The van der Waals surface area contributed by atoms with E-state index in [1.807, 2.05) is 6.20 Å².